The summed E-state index contributed by atoms with van der Waals surface area (Å²) in [7, 11) is -2.91. The van der Waals surface area contributed by atoms with Crippen LogP contribution in [-0.4, -0.2) is 30.6 Å². The maximum absolute atomic E-state index is 13.2. The summed E-state index contributed by atoms with van der Waals surface area (Å²) in [5.41, 5.74) is 1.84. The summed E-state index contributed by atoms with van der Waals surface area (Å²) in [5.74, 6) is 0.431. The van der Waals surface area contributed by atoms with Gasteiger partial charge < -0.3 is 0 Å². The molecule has 21 heavy (non-hydrogen) atoms. The Morgan fingerprint density at radius 3 is 2.48 bits per heavy atom. The van der Waals surface area contributed by atoms with Crippen LogP contribution < -0.4 is 0 Å². The summed E-state index contributed by atoms with van der Waals surface area (Å²) in [5, 5.41) is 1.45. The molecule has 1 aliphatic heterocycles. The van der Waals surface area contributed by atoms with Crippen LogP contribution in [0.2, 0.25) is 0 Å². The summed E-state index contributed by atoms with van der Waals surface area (Å²) in [4.78, 5) is 0. The van der Waals surface area contributed by atoms with Crippen LogP contribution in [0.4, 0.5) is 4.39 Å². The van der Waals surface area contributed by atoms with Crippen molar-refractivity contribution in [3.05, 3.63) is 35.1 Å². The van der Waals surface area contributed by atoms with E-state index in [1.54, 1.807) is 0 Å². The van der Waals surface area contributed by atoms with Crippen LogP contribution in [0.5, 0.6) is 0 Å². The highest BCUT2D eigenvalue weighted by Gasteiger charge is 2.43. The highest BCUT2D eigenvalue weighted by Crippen LogP contribution is 2.42. The number of halogens is 3. The van der Waals surface area contributed by atoms with Crippen LogP contribution >= 0.6 is 31.9 Å². The highest BCUT2D eigenvalue weighted by atomic mass is 79.9. The van der Waals surface area contributed by atoms with Gasteiger partial charge in [-0.1, -0.05) is 37.9 Å². The largest absolute Gasteiger partial charge is 0.229 e. The molecular weight excluding hydrogens is 423 g/mol. The first kappa shape index (κ1) is 17.4. The molecule has 0 aromatic heterocycles. The first-order valence-corrected chi connectivity index (χ1v) is 11.0. The van der Waals surface area contributed by atoms with Crippen molar-refractivity contribution in [3.8, 4) is 0 Å². The standard InChI is InChI=1S/C15H19Br2FO2S/c1-11-6-14(18)3-2-12(11)7-15(9-16,10-17)13-4-5-21(19,20)8-13/h2-3,6,13H,4-5,7-10H2,1H3. The second-order valence-electron chi connectivity index (χ2n) is 5.98. The number of alkyl halides is 2. The molecule has 1 fully saturated rings. The highest BCUT2D eigenvalue weighted by molar-refractivity contribution is 9.09. The molecule has 1 atom stereocenters. The maximum atomic E-state index is 13.2. The molecule has 0 spiro atoms. The molecule has 1 saturated heterocycles. The predicted octanol–water partition coefficient (Wildman–Crippen LogP) is 3.89. The van der Waals surface area contributed by atoms with Gasteiger partial charge in [-0.05, 0) is 54.4 Å². The Bertz CT molecular complexity index is 612. The van der Waals surface area contributed by atoms with Crippen molar-refractivity contribution in [2.24, 2.45) is 11.3 Å². The summed E-state index contributed by atoms with van der Waals surface area (Å²) >= 11 is 7.16. The molecular formula is C15H19Br2FO2S. The molecule has 2 rings (SSSR count). The normalized spacial score (nSPS) is 21.6. The quantitative estimate of drug-likeness (QED) is 0.649. The number of rotatable bonds is 5. The van der Waals surface area contributed by atoms with E-state index in [1.165, 1.54) is 12.1 Å². The molecule has 1 aromatic carbocycles. The van der Waals surface area contributed by atoms with Gasteiger partial charge in [-0.3, -0.25) is 0 Å². The number of sulfone groups is 1. The number of hydrogen-bond acceptors (Lipinski definition) is 2. The zero-order chi connectivity index (χ0) is 15.7. The van der Waals surface area contributed by atoms with Gasteiger partial charge in [0.1, 0.15) is 5.82 Å². The van der Waals surface area contributed by atoms with E-state index in [1.807, 2.05) is 13.0 Å². The molecule has 0 N–H and O–H groups in total. The van der Waals surface area contributed by atoms with Crippen LogP contribution in [-0.2, 0) is 16.3 Å². The summed E-state index contributed by atoms with van der Waals surface area (Å²) in [6.07, 6.45) is 1.45. The van der Waals surface area contributed by atoms with Crippen molar-refractivity contribution in [3.63, 3.8) is 0 Å². The molecule has 118 valence electrons. The average molecular weight is 442 g/mol. The first-order chi connectivity index (χ1) is 9.82. The van der Waals surface area contributed by atoms with Gasteiger partial charge in [0, 0.05) is 10.7 Å². The molecule has 0 amide bonds. The molecule has 0 bridgehead atoms. The molecule has 6 heteroatoms. The van der Waals surface area contributed by atoms with Crippen molar-refractivity contribution in [1.29, 1.82) is 0 Å². The average Bonchev–Trinajstić information content (AvgIpc) is 2.79. The number of benzene rings is 1. The lowest BCUT2D eigenvalue weighted by atomic mass is 9.73. The lowest BCUT2D eigenvalue weighted by molar-refractivity contribution is 0.253. The van der Waals surface area contributed by atoms with E-state index in [0.717, 1.165) is 28.2 Å². The Labute approximate surface area is 142 Å². The molecule has 0 aliphatic carbocycles. The van der Waals surface area contributed by atoms with Crippen molar-refractivity contribution in [2.75, 3.05) is 22.2 Å². The van der Waals surface area contributed by atoms with Crippen molar-refractivity contribution in [2.45, 2.75) is 19.8 Å². The van der Waals surface area contributed by atoms with E-state index in [4.69, 9.17) is 0 Å². The van der Waals surface area contributed by atoms with E-state index in [-0.39, 0.29) is 28.7 Å². The van der Waals surface area contributed by atoms with E-state index in [0.29, 0.717) is 6.42 Å². The van der Waals surface area contributed by atoms with Crippen molar-refractivity contribution < 1.29 is 12.8 Å². The van der Waals surface area contributed by atoms with E-state index in [9.17, 15) is 12.8 Å². The van der Waals surface area contributed by atoms with Gasteiger partial charge in [0.25, 0.3) is 0 Å². The van der Waals surface area contributed by atoms with E-state index < -0.39 is 9.84 Å². The number of aryl methyl sites for hydroxylation is 1. The minimum atomic E-state index is -2.91. The Kier molecular flexibility index (Phi) is 5.53. The molecule has 1 aliphatic rings. The fourth-order valence-corrected chi connectivity index (χ4v) is 7.19. The van der Waals surface area contributed by atoms with Gasteiger partial charge in [-0.15, -0.1) is 0 Å². The van der Waals surface area contributed by atoms with E-state index >= 15 is 0 Å². The number of hydrogen-bond donors (Lipinski definition) is 0. The summed E-state index contributed by atoms with van der Waals surface area (Å²) in [6, 6.07) is 4.82. The smallest absolute Gasteiger partial charge is 0.150 e. The SMILES string of the molecule is Cc1cc(F)ccc1CC(CBr)(CBr)C1CCS(=O)(=O)C1. The fourth-order valence-electron chi connectivity index (χ4n) is 3.01. The third-order valence-corrected chi connectivity index (χ3v) is 8.48. The summed E-state index contributed by atoms with van der Waals surface area (Å²) in [6.45, 7) is 1.90. The van der Waals surface area contributed by atoms with Gasteiger partial charge in [0.2, 0.25) is 0 Å². The predicted molar refractivity (Wildman–Crippen MR) is 91.6 cm³/mol. The second kappa shape index (κ2) is 6.67. The van der Waals surface area contributed by atoms with Gasteiger partial charge >= 0.3 is 0 Å². The summed E-state index contributed by atoms with van der Waals surface area (Å²) < 4.78 is 36.9. The van der Waals surface area contributed by atoms with Gasteiger partial charge in [0.05, 0.1) is 11.5 Å². The third-order valence-electron chi connectivity index (χ3n) is 4.48. The van der Waals surface area contributed by atoms with Crippen molar-refractivity contribution in [1.82, 2.24) is 0 Å². The Hall–Kier alpha value is 0.0600. The molecule has 0 saturated carbocycles. The molecule has 1 unspecified atom stereocenters. The van der Waals surface area contributed by atoms with Gasteiger partial charge in [0.15, 0.2) is 9.84 Å². The van der Waals surface area contributed by atoms with Gasteiger partial charge in [-0.2, -0.15) is 0 Å². The monoisotopic (exact) mass is 440 g/mol. The van der Waals surface area contributed by atoms with Crippen LogP contribution in [0.3, 0.4) is 0 Å². The fraction of sp³-hybridized carbons (Fsp3) is 0.600. The van der Waals surface area contributed by atoms with Crippen LogP contribution in [0, 0.1) is 24.1 Å². The maximum Gasteiger partial charge on any atom is 0.150 e. The molecule has 1 heterocycles. The van der Waals surface area contributed by atoms with Crippen LogP contribution in [0.15, 0.2) is 18.2 Å². The third kappa shape index (κ3) is 3.88. The molecule has 0 radical (unpaired) electrons. The minimum Gasteiger partial charge on any atom is -0.229 e. The Morgan fingerprint density at radius 1 is 1.33 bits per heavy atom. The van der Waals surface area contributed by atoms with E-state index in [2.05, 4.69) is 31.9 Å². The molecule has 1 aromatic rings. The van der Waals surface area contributed by atoms with Crippen LogP contribution in [0.25, 0.3) is 0 Å². The topological polar surface area (TPSA) is 34.1 Å². The minimum absolute atomic E-state index is 0.130. The van der Waals surface area contributed by atoms with Gasteiger partial charge in [-0.25, -0.2) is 12.8 Å². The molecule has 2 nitrogen and oxygen atoms in total. The lowest BCUT2D eigenvalue weighted by Crippen LogP contribution is -2.37. The first-order valence-electron chi connectivity index (χ1n) is 6.89. The Morgan fingerprint density at radius 2 is 2.00 bits per heavy atom. The second-order valence-corrected chi connectivity index (χ2v) is 9.33. The zero-order valence-corrected chi connectivity index (χ0v) is 15.9. The zero-order valence-electron chi connectivity index (χ0n) is 11.9. The Balaban J connectivity index is 2.30. The van der Waals surface area contributed by atoms with Crippen molar-refractivity contribution >= 4 is 41.7 Å². The van der Waals surface area contributed by atoms with Crippen LogP contribution in [0.1, 0.15) is 17.5 Å². The lowest BCUT2D eigenvalue weighted by Gasteiger charge is -2.36.